The molecule has 72 valence electrons. The fraction of sp³-hybridized carbons (Fsp3) is 0.300. The number of aromatic nitrogens is 1. The first-order valence-electron chi connectivity index (χ1n) is 4.46. The number of Topliss-reactive ketones (excluding diaryl/α,β-unsaturated/α-hetero) is 1. The van der Waals surface area contributed by atoms with Crippen LogP contribution < -0.4 is 5.32 Å². The third kappa shape index (κ3) is 1.79. The number of ketones is 1. The summed E-state index contributed by atoms with van der Waals surface area (Å²) in [5, 5.41) is 2.76. The van der Waals surface area contributed by atoms with Crippen LogP contribution >= 0.6 is 0 Å². The van der Waals surface area contributed by atoms with Gasteiger partial charge in [0.05, 0.1) is 12.5 Å². The average molecular weight is 190 g/mol. The van der Waals surface area contributed by atoms with Crippen molar-refractivity contribution < 1.29 is 9.59 Å². The summed E-state index contributed by atoms with van der Waals surface area (Å²) < 4.78 is 0. The van der Waals surface area contributed by atoms with E-state index >= 15 is 0 Å². The topological polar surface area (TPSA) is 59.1 Å². The molecule has 0 aromatic carbocycles. The first-order valence-corrected chi connectivity index (χ1v) is 4.46. The van der Waals surface area contributed by atoms with Crippen molar-refractivity contribution in [3.05, 3.63) is 30.1 Å². The molecular formula is C10H10N2O2. The molecule has 14 heavy (non-hydrogen) atoms. The third-order valence-electron chi connectivity index (χ3n) is 2.21. The van der Waals surface area contributed by atoms with Crippen molar-refractivity contribution in [1.82, 2.24) is 10.3 Å². The van der Waals surface area contributed by atoms with Gasteiger partial charge in [0.25, 0.3) is 0 Å². The smallest absolute Gasteiger partial charge is 0.227 e. The molecule has 1 aromatic rings. The van der Waals surface area contributed by atoms with Crippen LogP contribution in [0, 0.1) is 0 Å². The maximum absolute atomic E-state index is 11.2. The van der Waals surface area contributed by atoms with Crippen LogP contribution in [0.4, 0.5) is 0 Å². The van der Waals surface area contributed by atoms with E-state index in [2.05, 4.69) is 10.3 Å². The fourth-order valence-electron chi connectivity index (χ4n) is 1.56. The van der Waals surface area contributed by atoms with Crippen LogP contribution in [-0.2, 0) is 9.59 Å². The molecule has 1 atom stereocenters. The van der Waals surface area contributed by atoms with Gasteiger partial charge in [-0.3, -0.25) is 14.6 Å². The molecule has 4 heteroatoms. The molecule has 1 aromatic heterocycles. The zero-order valence-electron chi connectivity index (χ0n) is 7.56. The Hall–Kier alpha value is -1.71. The zero-order valence-corrected chi connectivity index (χ0v) is 7.56. The highest BCUT2D eigenvalue weighted by Gasteiger charge is 2.25. The third-order valence-corrected chi connectivity index (χ3v) is 2.21. The summed E-state index contributed by atoms with van der Waals surface area (Å²) in [5.74, 6) is -0.210. The molecule has 4 nitrogen and oxygen atoms in total. The second kappa shape index (κ2) is 3.57. The van der Waals surface area contributed by atoms with Gasteiger partial charge in [-0.1, -0.05) is 6.07 Å². The molecule has 1 aliphatic heterocycles. The highest BCUT2D eigenvalue weighted by Crippen LogP contribution is 2.20. The molecule has 0 radical (unpaired) electrons. The summed E-state index contributed by atoms with van der Waals surface area (Å²) in [6.07, 6.45) is 3.72. The molecule has 0 aliphatic carbocycles. The van der Waals surface area contributed by atoms with Crippen molar-refractivity contribution in [2.75, 3.05) is 0 Å². The van der Waals surface area contributed by atoms with Gasteiger partial charge in [-0.25, -0.2) is 0 Å². The number of rotatable bonds is 1. The normalized spacial score (nSPS) is 21.9. The number of pyridine rings is 1. The van der Waals surface area contributed by atoms with Gasteiger partial charge in [0.15, 0.2) is 0 Å². The molecule has 1 fully saturated rings. The maximum atomic E-state index is 11.2. The van der Waals surface area contributed by atoms with E-state index in [1.54, 1.807) is 18.5 Å². The Morgan fingerprint density at radius 1 is 1.43 bits per heavy atom. The van der Waals surface area contributed by atoms with Crippen LogP contribution in [0.1, 0.15) is 24.4 Å². The highest BCUT2D eigenvalue weighted by atomic mass is 16.2. The lowest BCUT2D eigenvalue weighted by Gasteiger charge is -2.22. The maximum Gasteiger partial charge on any atom is 0.227 e. The molecule has 1 unspecified atom stereocenters. The summed E-state index contributed by atoms with van der Waals surface area (Å²) in [4.78, 5) is 26.2. The summed E-state index contributed by atoms with van der Waals surface area (Å²) in [5.41, 5.74) is 0.883. The van der Waals surface area contributed by atoms with E-state index in [0.717, 1.165) is 5.56 Å². The van der Waals surface area contributed by atoms with E-state index in [9.17, 15) is 9.59 Å². The van der Waals surface area contributed by atoms with Crippen LogP contribution in [0.2, 0.25) is 0 Å². The van der Waals surface area contributed by atoms with E-state index in [1.807, 2.05) is 6.07 Å². The van der Waals surface area contributed by atoms with Crippen LogP contribution in [0.25, 0.3) is 0 Å². The second-order valence-corrected chi connectivity index (χ2v) is 3.33. The minimum Gasteiger partial charge on any atom is -0.348 e. The van der Waals surface area contributed by atoms with E-state index < -0.39 is 0 Å². The molecule has 0 spiro atoms. The molecule has 0 bridgehead atoms. The van der Waals surface area contributed by atoms with Gasteiger partial charge >= 0.3 is 0 Å². The molecule has 2 rings (SSSR count). The molecule has 1 saturated heterocycles. The highest BCUT2D eigenvalue weighted by molar-refractivity contribution is 6.00. The molecule has 0 saturated carbocycles. The van der Waals surface area contributed by atoms with Gasteiger partial charge < -0.3 is 5.32 Å². The fourth-order valence-corrected chi connectivity index (χ4v) is 1.56. The number of nitrogens with one attached hydrogen (secondary N) is 1. The van der Waals surface area contributed by atoms with Crippen LogP contribution in [0.15, 0.2) is 24.5 Å². The van der Waals surface area contributed by atoms with Crippen molar-refractivity contribution >= 4 is 11.7 Å². The molecule has 1 N–H and O–H groups in total. The number of carbonyl (C=O) groups excluding carboxylic acids is 2. The van der Waals surface area contributed by atoms with Gasteiger partial charge in [0.2, 0.25) is 5.91 Å². The van der Waals surface area contributed by atoms with Crippen molar-refractivity contribution in [3.8, 4) is 0 Å². The summed E-state index contributed by atoms with van der Waals surface area (Å²) >= 11 is 0. The SMILES string of the molecule is O=C1CC(=O)NC(c2cccnc2)C1. The van der Waals surface area contributed by atoms with Crippen molar-refractivity contribution in [2.24, 2.45) is 0 Å². The molecular weight excluding hydrogens is 180 g/mol. The number of piperidine rings is 1. The average Bonchev–Trinajstić information content (AvgIpc) is 2.18. The lowest BCUT2D eigenvalue weighted by molar-refractivity contribution is -0.132. The Balaban J connectivity index is 2.19. The molecule has 2 heterocycles. The van der Waals surface area contributed by atoms with Crippen LogP contribution in [0.5, 0.6) is 0 Å². The number of carbonyl (C=O) groups is 2. The molecule has 1 aliphatic rings. The van der Waals surface area contributed by atoms with E-state index in [-0.39, 0.29) is 24.2 Å². The quantitative estimate of drug-likeness (QED) is 0.660. The van der Waals surface area contributed by atoms with Gasteiger partial charge in [0, 0.05) is 18.8 Å². The van der Waals surface area contributed by atoms with Gasteiger partial charge in [-0.05, 0) is 11.6 Å². The predicted molar refractivity (Wildman–Crippen MR) is 49.4 cm³/mol. The number of nitrogens with zero attached hydrogens (tertiary/aromatic N) is 1. The largest absolute Gasteiger partial charge is 0.348 e. The standard InChI is InChI=1S/C10H10N2O2/c13-8-4-9(12-10(14)5-8)7-2-1-3-11-6-7/h1-3,6,9H,4-5H2,(H,12,14). The minimum atomic E-state index is -0.199. The Labute approximate surface area is 81.3 Å². The first kappa shape index (κ1) is 8.87. The Kier molecular flexibility index (Phi) is 2.26. The van der Waals surface area contributed by atoms with Crippen LogP contribution in [-0.4, -0.2) is 16.7 Å². The number of hydrogen-bond donors (Lipinski definition) is 1. The number of amides is 1. The van der Waals surface area contributed by atoms with E-state index in [0.29, 0.717) is 6.42 Å². The monoisotopic (exact) mass is 190 g/mol. The van der Waals surface area contributed by atoms with Gasteiger partial charge in [-0.15, -0.1) is 0 Å². The van der Waals surface area contributed by atoms with Crippen molar-refractivity contribution in [2.45, 2.75) is 18.9 Å². The second-order valence-electron chi connectivity index (χ2n) is 3.33. The lowest BCUT2D eigenvalue weighted by Crippen LogP contribution is -2.36. The summed E-state index contributed by atoms with van der Waals surface area (Å²) in [6, 6.07) is 3.45. The number of hydrogen-bond acceptors (Lipinski definition) is 3. The van der Waals surface area contributed by atoms with Crippen molar-refractivity contribution in [1.29, 1.82) is 0 Å². The van der Waals surface area contributed by atoms with Crippen LogP contribution in [0.3, 0.4) is 0 Å². The first-order chi connectivity index (χ1) is 6.75. The molecule has 1 amide bonds. The minimum absolute atomic E-state index is 0.0107. The van der Waals surface area contributed by atoms with Gasteiger partial charge in [0.1, 0.15) is 5.78 Å². The van der Waals surface area contributed by atoms with E-state index in [1.165, 1.54) is 0 Å². The Morgan fingerprint density at radius 2 is 2.29 bits per heavy atom. The summed E-state index contributed by atoms with van der Waals surface area (Å²) in [7, 11) is 0. The van der Waals surface area contributed by atoms with Crippen molar-refractivity contribution in [3.63, 3.8) is 0 Å². The van der Waals surface area contributed by atoms with E-state index in [4.69, 9.17) is 0 Å². The van der Waals surface area contributed by atoms with Gasteiger partial charge in [-0.2, -0.15) is 0 Å². The predicted octanol–water partition coefficient (Wildman–Crippen LogP) is 0.602. The zero-order chi connectivity index (χ0) is 9.97. The Morgan fingerprint density at radius 3 is 2.93 bits per heavy atom. The lowest BCUT2D eigenvalue weighted by atomic mass is 9.98. The summed E-state index contributed by atoms with van der Waals surface area (Å²) in [6.45, 7) is 0. The Bertz CT molecular complexity index is 346.